The second kappa shape index (κ2) is 7.88. The van der Waals surface area contributed by atoms with E-state index in [-0.39, 0.29) is 17.2 Å². The number of likely N-dealkylation sites (tertiary alicyclic amines) is 1. The number of fused-ring (bicyclic) bond motifs is 1. The van der Waals surface area contributed by atoms with Crippen LogP contribution in [0.3, 0.4) is 0 Å². The van der Waals surface area contributed by atoms with Gasteiger partial charge in [0, 0.05) is 38.3 Å². The quantitative estimate of drug-likeness (QED) is 0.724. The lowest BCUT2D eigenvalue weighted by Gasteiger charge is -2.18. The lowest BCUT2D eigenvalue weighted by molar-refractivity contribution is -0.127. The molecule has 1 fully saturated rings. The summed E-state index contributed by atoms with van der Waals surface area (Å²) in [6.45, 7) is 5.83. The lowest BCUT2D eigenvalue weighted by Crippen LogP contribution is -2.37. The number of carbonyl (C=O) groups excluding carboxylic acids is 1. The Labute approximate surface area is 162 Å². The van der Waals surface area contributed by atoms with E-state index in [9.17, 15) is 14.4 Å². The van der Waals surface area contributed by atoms with Crippen molar-refractivity contribution < 1.29 is 4.79 Å². The monoisotopic (exact) mass is 390 g/mol. The van der Waals surface area contributed by atoms with Gasteiger partial charge in [0.15, 0.2) is 0 Å². The fourth-order valence-corrected chi connectivity index (χ4v) is 4.58. The Morgan fingerprint density at radius 2 is 1.85 bits per heavy atom. The Morgan fingerprint density at radius 1 is 1.19 bits per heavy atom. The van der Waals surface area contributed by atoms with Crippen molar-refractivity contribution in [1.82, 2.24) is 19.0 Å². The minimum absolute atomic E-state index is 0.0969. The van der Waals surface area contributed by atoms with E-state index in [1.54, 1.807) is 13.2 Å². The Hall–Kier alpha value is -2.09. The van der Waals surface area contributed by atoms with E-state index in [0.717, 1.165) is 47.4 Å². The molecule has 2 aromatic heterocycles. The highest BCUT2D eigenvalue weighted by molar-refractivity contribution is 8.00. The number of aromatic nitrogens is 3. The Morgan fingerprint density at radius 3 is 2.48 bits per heavy atom. The van der Waals surface area contributed by atoms with Crippen molar-refractivity contribution in [1.29, 1.82) is 0 Å². The second-order valence-electron chi connectivity index (χ2n) is 7.49. The van der Waals surface area contributed by atoms with Gasteiger partial charge in [0.05, 0.1) is 11.1 Å². The number of aryl methyl sites for hydroxylation is 1. The van der Waals surface area contributed by atoms with E-state index in [2.05, 4.69) is 18.8 Å². The van der Waals surface area contributed by atoms with Crippen LogP contribution in [0, 0.1) is 5.92 Å². The maximum absolute atomic E-state index is 12.9. The summed E-state index contributed by atoms with van der Waals surface area (Å²) in [7, 11) is 3.09. The third kappa shape index (κ3) is 3.81. The van der Waals surface area contributed by atoms with E-state index < -0.39 is 5.69 Å². The van der Waals surface area contributed by atoms with Crippen LogP contribution in [0.1, 0.15) is 32.3 Å². The molecule has 0 aromatic carbocycles. The van der Waals surface area contributed by atoms with Crippen LogP contribution in [0.2, 0.25) is 0 Å². The highest BCUT2D eigenvalue weighted by Gasteiger charge is 2.22. The highest BCUT2D eigenvalue weighted by atomic mass is 32.2. The van der Waals surface area contributed by atoms with Gasteiger partial charge in [-0.15, -0.1) is 11.8 Å². The van der Waals surface area contributed by atoms with Crippen LogP contribution < -0.4 is 11.2 Å². The molecule has 146 valence electrons. The average Bonchev–Trinajstić information content (AvgIpc) is 3.17. The minimum Gasteiger partial charge on any atom is -0.342 e. The summed E-state index contributed by atoms with van der Waals surface area (Å²) in [4.78, 5) is 44.7. The topological polar surface area (TPSA) is 77.2 Å². The van der Waals surface area contributed by atoms with Gasteiger partial charge in [0.1, 0.15) is 5.65 Å². The van der Waals surface area contributed by atoms with E-state index in [0.29, 0.717) is 17.0 Å². The Kier molecular flexibility index (Phi) is 5.74. The smallest absolute Gasteiger partial charge is 0.332 e. The average molecular weight is 391 g/mol. The molecule has 3 heterocycles. The van der Waals surface area contributed by atoms with Gasteiger partial charge in [-0.1, -0.05) is 13.8 Å². The van der Waals surface area contributed by atoms with Crippen LogP contribution in [0.25, 0.3) is 11.0 Å². The number of carbonyl (C=O) groups is 1. The molecule has 0 radical (unpaired) electrons. The molecule has 1 saturated heterocycles. The van der Waals surface area contributed by atoms with E-state index >= 15 is 0 Å². The second-order valence-corrected chi connectivity index (χ2v) is 8.48. The van der Waals surface area contributed by atoms with Gasteiger partial charge in [-0.3, -0.25) is 18.7 Å². The van der Waals surface area contributed by atoms with Crippen molar-refractivity contribution in [3.05, 3.63) is 32.6 Å². The first-order chi connectivity index (χ1) is 12.8. The first-order valence-electron chi connectivity index (χ1n) is 9.29. The molecule has 0 aliphatic carbocycles. The van der Waals surface area contributed by atoms with Crippen LogP contribution in [0.5, 0.6) is 0 Å². The molecule has 8 heteroatoms. The first-order valence-corrected chi connectivity index (χ1v) is 10.3. The van der Waals surface area contributed by atoms with Gasteiger partial charge < -0.3 is 4.90 Å². The van der Waals surface area contributed by atoms with Crippen LogP contribution in [-0.2, 0) is 25.3 Å². The molecule has 0 atom stereocenters. The van der Waals surface area contributed by atoms with Gasteiger partial charge >= 0.3 is 5.69 Å². The standard InChI is InChI=1S/C19H26N4O3S/c1-12(2)9-13-10-20-17-15(18(25)22(4)19(26)21(17)3)16(13)27-11-14(24)23-7-5-6-8-23/h10,12H,5-9,11H2,1-4H3. The van der Waals surface area contributed by atoms with Gasteiger partial charge in [0.2, 0.25) is 5.91 Å². The zero-order chi connectivity index (χ0) is 19.7. The van der Waals surface area contributed by atoms with Gasteiger partial charge in [-0.05, 0) is 30.7 Å². The predicted octanol–water partition coefficient (Wildman–Crippen LogP) is 1.55. The summed E-state index contributed by atoms with van der Waals surface area (Å²) in [5.41, 5.74) is 0.558. The summed E-state index contributed by atoms with van der Waals surface area (Å²) >= 11 is 1.39. The molecule has 0 bridgehead atoms. The third-order valence-electron chi connectivity index (χ3n) is 4.92. The number of thioether (sulfide) groups is 1. The van der Waals surface area contributed by atoms with Crippen molar-refractivity contribution >= 4 is 28.7 Å². The lowest BCUT2D eigenvalue weighted by atomic mass is 10.0. The predicted molar refractivity (Wildman–Crippen MR) is 107 cm³/mol. The number of amides is 1. The van der Waals surface area contributed by atoms with Crippen molar-refractivity contribution in [2.75, 3.05) is 18.8 Å². The van der Waals surface area contributed by atoms with Crippen molar-refractivity contribution in [2.24, 2.45) is 20.0 Å². The molecule has 0 unspecified atom stereocenters. The Balaban J connectivity index is 2.09. The summed E-state index contributed by atoms with van der Waals surface area (Å²) in [5, 5.41) is 0.428. The van der Waals surface area contributed by atoms with Crippen molar-refractivity contribution in [3.63, 3.8) is 0 Å². The molecular formula is C19H26N4O3S. The fourth-order valence-electron chi connectivity index (χ4n) is 3.48. The molecule has 7 nitrogen and oxygen atoms in total. The summed E-state index contributed by atoms with van der Waals surface area (Å²) in [6.07, 6.45) is 4.60. The molecule has 3 rings (SSSR count). The normalized spacial score (nSPS) is 14.5. The molecule has 1 amide bonds. The van der Waals surface area contributed by atoms with Gasteiger partial charge in [-0.2, -0.15) is 0 Å². The van der Waals surface area contributed by atoms with Gasteiger partial charge in [-0.25, -0.2) is 9.78 Å². The van der Waals surface area contributed by atoms with E-state index in [4.69, 9.17) is 0 Å². The maximum atomic E-state index is 12.9. The number of nitrogens with zero attached hydrogens (tertiary/aromatic N) is 4. The molecule has 0 N–H and O–H groups in total. The maximum Gasteiger partial charge on any atom is 0.332 e. The summed E-state index contributed by atoms with van der Waals surface area (Å²) in [6, 6.07) is 0. The highest BCUT2D eigenvalue weighted by Crippen LogP contribution is 2.30. The van der Waals surface area contributed by atoms with Crippen LogP contribution in [-0.4, -0.2) is 43.8 Å². The number of rotatable bonds is 5. The van der Waals surface area contributed by atoms with Crippen molar-refractivity contribution in [3.8, 4) is 0 Å². The number of pyridine rings is 1. The third-order valence-corrected chi connectivity index (χ3v) is 6.07. The molecule has 1 aliphatic rings. The number of hydrogen-bond donors (Lipinski definition) is 0. The summed E-state index contributed by atoms with van der Waals surface area (Å²) in [5.74, 6) is 0.768. The van der Waals surface area contributed by atoms with E-state index in [1.165, 1.54) is 23.4 Å². The molecular weight excluding hydrogens is 364 g/mol. The minimum atomic E-state index is -0.402. The van der Waals surface area contributed by atoms with Crippen molar-refractivity contribution in [2.45, 2.75) is 38.0 Å². The number of hydrogen-bond acceptors (Lipinski definition) is 5. The van der Waals surface area contributed by atoms with E-state index in [1.807, 2.05) is 4.90 Å². The van der Waals surface area contributed by atoms with Crippen LogP contribution in [0.4, 0.5) is 0 Å². The fraction of sp³-hybridized carbons (Fsp3) is 0.579. The molecule has 27 heavy (non-hydrogen) atoms. The van der Waals surface area contributed by atoms with Crippen LogP contribution >= 0.6 is 11.8 Å². The zero-order valence-electron chi connectivity index (χ0n) is 16.3. The summed E-state index contributed by atoms with van der Waals surface area (Å²) < 4.78 is 2.50. The SMILES string of the molecule is CC(C)Cc1cnc2c(c1SCC(=O)N1CCCC1)c(=O)n(C)c(=O)n2C. The molecule has 0 spiro atoms. The Bertz CT molecular complexity index is 987. The zero-order valence-corrected chi connectivity index (χ0v) is 17.1. The largest absolute Gasteiger partial charge is 0.342 e. The molecule has 1 aliphatic heterocycles. The molecule has 2 aromatic rings. The van der Waals surface area contributed by atoms with Crippen LogP contribution in [0.15, 0.2) is 20.7 Å². The first kappa shape index (κ1) is 19.7. The molecule has 0 saturated carbocycles. The van der Waals surface area contributed by atoms with Gasteiger partial charge in [0.25, 0.3) is 5.56 Å².